The van der Waals surface area contributed by atoms with Crippen LogP contribution < -0.4 is 5.32 Å². The van der Waals surface area contributed by atoms with Crippen molar-refractivity contribution >= 4 is 28.6 Å². The zero-order valence-electron chi connectivity index (χ0n) is 16.8. The predicted molar refractivity (Wildman–Crippen MR) is 121 cm³/mol. The van der Waals surface area contributed by atoms with E-state index in [-0.39, 0.29) is 11.7 Å². The lowest BCUT2D eigenvalue weighted by Crippen LogP contribution is -2.24. The Labute approximate surface area is 179 Å². The summed E-state index contributed by atoms with van der Waals surface area (Å²) in [6, 6.07) is 22.9. The van der Waals surface area contributed by atoms with Crippen LogP contribution in [0.1, 0.15) is 16.7 Å². The van der Waals surface area contributed by atoms with E-state index in [2.05, 4.69) is 59.4 Å². The topological polar surface area (TPSA) is 34.0 Å². The summed E-state index contributed by atoms with van der Waals surface area (Å²) in [7, 11) is 0. The summed E-state index contributed by atoms with van der Waals surface area (Å²) in [6.45, 7) is 3.32. The molecule has 0 saturated heterocycles. The predicted octanol–water partition coefficient (Wildman–Crippen LogP) is 5.55. The van der Waals surface area contributed by atoms with Gasteiger partial charge in [0, 0.05) is 35.1 Å². The average molecular weight is 419 g/mol. The third-order valence-electron chi connectivity index (χ3n) is 5.12. The monoisotopic (exact) mass is 418 g/mol. The minimum atomic E-state index is -0.275. The van der Waals surface area contributed by atoms with E-state index >= 15 is 0 Å². The highest BCUT2D eigenvalue weighted by Crippen LogP contribution is 2.30. The van der Waals surface area contributed by atoms with E-state index in [1.807, 2.05) is 12.1 Å². The molecular formula is C25H23FN2OS. The molecule has 0 saturated carbocycles. The van der Waals surface area contributed by atoms with Crippen molar-refractivity contribution in [2.75, 3.05) is 5.75 Å². The fourth-order valence-electron chi connectivity index (χ4n) is 3.43. The molecule has 0 unspecified atom stereocenters. The molecule has 0 radical (unpaired) electrons. The number of aryl methyl sites for hydroxylation is 1. The first-order chi connectivity index (χ1) is 14.6. The van der Waals surface area contributed by atoms with Gasteiger partial charge in [0.15, 0.2) is 0 Å². The van der Waals surface area contributed by atoms with Crippen LogP contribution in [0.15, 0.2) is 83.9 Å². The number of rotatable bonds is 7. The maximum atomic E-state index is 13.0. The van der Waals surface area contributed by atoms with Gasteiger partial charge in [-0.1, -0.05) is 54.6 Å². The molecule has 3 aromatic carbocycles. The molecule has 0 fully saturated rings. The lowest BCUT2D eigenvalue weighted by molar-refractivity contribution is -0.118. The molecule has 1 N–H and O–H groups in total. The van der Waals surface area contributed by atoms with Crippen LogP contribution >= 0.6 is 11.8 Å². The molecule has 0 bridgehead atoms. The quantitative estimate of drug-likeness (QED) is 0.400. The number of fused-ring (bicyclic) bond motifs is 1. The molecule has 1 aromatic heterocycles. The third-order valence-corrected chi connectivity index (χ3v) is 6.16. The van der Waals surface area contributed by atoms with Gasteiger partial charge in [-0.25, -0.2) is 4.39 Å². The maximum absolute atomic E-state index is 13.0. The van der Waals surface area contributed by atoms with Gasteiger partial charge < -0.3 is 9.88 Å². The minimum Gasteiger partial charge on any atom is -0.351 e. The minimum absolute atomic E-state index is 0.0416. The second-order valence-electron chi connectivity index (χ2n) is 7.26. The third kappa shape index (κ3) is 4.74. The Bertz CT molecular complexity index is 1170. The first kappa shape index (κ1) is 20.2. The van der Waals surface area contributed by atoms with Crippen molar-refractivity contribution in [3.05, 3.63) is 102 Å². The summed E-state index contributed by atoms with van der Waals surface area (Å²) < 4.78 is 15.2. The Morgan fingerprint density at radius 2 is 1.73 bits per heavy atom. The number of para-hydroxylation sites is 1. The molecule has 1 heterocycles. The number of carbonyl (C=O) groups excluding carboxylic acids is 1. The normalized spacial score (nSPS) is 11.0. The zero-order chi connectivity index (χ0) is 20.9. The summed E-state index contributed by atoms with van der Waals surface area (Å²) in [5.41, 5.74) is 4.59. The van der Waals surface area contributed by atoms with Crippen LogP contribution in [0.25, 0.3) is 10.9 Å². The molecule has 0 aliphatic rings. The standard InChI is InChI=1S/C25H23FN2OS/c1-18-6-2-3-7-20(18)15-28-16-24(22-8-4-5-9-23(22)28)30-17-25(29)27-14-19-10-12-21(26)13-11-19/h2-13,16H,14-15,17H2,1H3,(H,27,29). The van der Waals surface area contributed by atoms with Crippen molar-refractivity contribution in [3.8, 4) is 0 Å². The number of nitrogens with zero attached hydrogens (tertiary/aromatic N) is 1. The maximum Gasteiger partial charge on any atom is 0.230 e. The Hall–Kier alpha value is -3.05. The number of carbonyl (C=O) groups is 1. The molecule has 5 heteroatoms. The van der Waals surface area contributed by atoms with Crippen LogP contribution in [0, 0.1) is 12.7 Å². The van der Waals surface area contributed by atoms with E-state index in [0.29, 0.717) is 12.3 Å². The van der Waals surface area contributed by atoms with Crippen molar-refractivity contribution < 1.29 is 9.18 Å². The molecule has 0 aliphatic heterocycles. The fraction of sp³-hybridized carbons (Fsp3) is 0.160. The number of halogens is 1. The summed E-state index contributed by atoms with van der Waals surface area (Å²) in [6.07, 6.45) is 2.13. The number of hydrogen-bond acceptors (Lipinski definition) is 2. The highest BCUT2D eigenvalue weighted by atomic mass is 32.2. The van der Waals surface area contributed by atoms with Crippen LogP contribution in [-0.4, -0.2) is 16.2 Å². The lowest BCUT2D eigenvalue weighted by Gasteiger charge is -2.08. The van der Waals surface area contributed by atoms with Crippen LogP contribution in [0.4, 0.5) is 4.39 Å². The van der Waals surface area contributed by atoms with Crippen molar-refractivity contribution in [1.29, 1.82) is 0 Å². The first-order valence-electron chi connectivity index (χ1n) is 9.86. The SMILES string of the molecule is Cc1ccccc1Cn1cc(SCC(=O)NCc2ccc(F)cc2)c2ccccc21. The number of hydrogen-bond donors (Lipinski definition) is 1. The molecular weight excluding hydrogens is 395 g/mol. The van der Waals surface area contributed by atoms with Crippen LogP contribution in [0.5, 0.6) is 0 Å². The highest BCUT2D eigenvalue weighted by molar-refractivity contribution is 8.00. The molecule has 30 heavy (non-hydrogen) atoms. The smallest absolute Gasteiger partial charge is 0.230 e. The van der Waals surface area contributed by atoms with Gasteiger partial charge in [-0.2, -0.15) is 0 Å². The Morgan fingerprint density at radius 1 is 1.00 bits per heavy atom. The molecule has 4 aromatic rings. The largest absolute Gasteiger partial charge is 0.351 e. The summed E-state index contributed by atoms with van der Waals surface area (Å²) in [5.74, 6) is 0.0160. The van der Waals surface area contributed by atoms with Gasteiger partial charge >= 0.3 is 0 Å². The van der Waals surface area contributed by atoms with Crippen molar-refractivity contribution in [2.45, 2.75) is 24.9 Å². The molecule has 152 valence electrons. The number of thioether (sulfide) groups is 1. The molecule has 0 atom stereocenters. The van der Waals surface area contributed by atoms with Gasteiger partial charge in [-0.05, 0) is 41.8 Å². The molecule has 1 amide bonds. The van der Waals surface area contributed by atoms with Crippen LogP contribution in [0.2, 0.25) is 0 Å². The molecule has 4 rings (SSSR count). The van der Waals surface area contributed by atoms with E-state index in [4.69, 9.17) is 0 Å². The van der Waals surface area contributed by atoms with E-state index in [0.717, 1.165) is 27.9 Å². The fourth-order valence-corrected chi connectivity index (χ4v) is 4.35. The van der Waals surface area contributed by atoms with Crippen molar-refractivity contribution in [3.63, 3.8) is 0 Å². The number of amides is 1. The molecule has 0 spiro atoms. The van der Waals surface area contributed by atoms with Gasteiger partial charge in [0.25, 0.3) is 0 Å². The first-order valence-corrected chi connectivity index (χ1v) is 10.8. The van der Waals surface area contributed by atoms with Crippen molar-refractivity contribution in [2.24, 2.45) is 0 Å². The van der Waals surface area contributed by atoms with Gasteiger partial charge in [0.1, 0.15) is 5.82 Å². The summed E-state index contributed by atoms with van der Waals surface area (Å²) >= 11 is 1.54. The molecule has 3 nitrogen and oxygen atoms in total. The summed E-state index contributed by atoms with van der Waals surface area (Å²) in [4.78, 5) is 13.4. The van der Waals surface area contributed by atoms with Gasteiger partial charge in [-0.15, -0.1) is 11.8 Å². The van der Waals surface area contributed by atoms with Gasteiger partial charge in [0.05, 0.1) is 5.75 Å². The van der Waals surface area contributed by atoms with E-state index in [9.17, 15) is 9.18 Å². The van der Waals surface area contributed by atoms with Crippen LogP contribution in [-0.2, 0) is 17.9 Å². The lowest BCUT2D eigenvalue weighted by atomic mass is 10.1. The second kappa shape index (κ2) is 9.18. The average Bonchev–Trinajstić information content (AvgIpc) is 3.11. The van der Waals surface area contributed by atoms with E-state index < -0.39 is 0 Å². The highest BCUT2D eigenvalue weighted by Gasteiger charge is 2.11. The Morgan fingerprint density at radius 3 is 2.53 bits per heavy atom. The van der Waals surface area contributed by atoms with Crippen LogP contribution in [0.3, 0.4) is 0 Å². The molecule has 0 aliphatic carbocycles. The summed E-state index contributed by atoms with van der Waals surface area (Å²) in [5, 5.41) is 4.06. The van der Waals surface area contributed by atoms with E-state index in [1.54, 1.807) is 12.1 Å². The Balaban J connectivity index is 1.44. The zero-order valence-corrected chi connectivity index (χ0v) is 17.6. The van der Waals surface area contributed by atoms with E-state index in [1.165, 1.54) is 35.0 Å². The number of nitrogens with one attached hydrogen (secondary N) is 1. The van der Waals surface area contributed by atoms with Crippen molar-refractivity contribution in [1.82, 2.24) is 9.88 Å². The Kier molecular flexibility index (Phi) is 6.19. The number of benzene rings is 3. The van der Waals surface area contributed by atoms with Gasteiger partial charge in [0.2, 0.25) is 5.91 Å². The second-order valence-corrected chi connectivity index (χ2v) is 8.27. The number of aromatic nitrogens is 1. The van der Waals surface area contributed by atoms with Gasteiger partial charge in [-0.3, -0.25) is 4.79 Å².